The number of carbonyl (C=O) groups excluding carboxylic acids is 1. The first-order valence-corrected chi connectivity index (χ1v) is 13.1. The number of hydrogen-bond acceptors (Lipinski definition) is 7. The first-order valence-electron chi connectivity index (χ1n) is 11.4. The van der Waals surface area contributed by atoms with Crippen LogP contribution in [0.15, 0.2) is 24.3 Å². The van der Waals surface area contributed by atoms with Gasteiger partial charge in [0.2, 0.25) is 10.0 Å². The molecule has 0 radical (unpaired) electrons. The molecule has 0 heterocycles. The number of benzene rings is 1. The van der Waals surface area contributed by atoms with E-state index >= 15 is 0 Å². The fourth-order valence-corrected chi connectivity index (χ4v) is 4.26. The summed E-state index contributed by atoms with van der Waals surface area (Å²) in [5, 5.41) is 10.1. The van der Waals surface area contributed by atoms with Crippen molar-refractivity contribution in [1.29, 1.82) is 0 Å². The second kappa shape index (κ2) is 15.9. The molecular weight excluding hydrogens is 432 g/mol. The van der Waals surface area contributed by atoms with Gasteiger partial charge in [-0.15, -0.1) is 0 Å². The number of esters is 1. The van der Waals surface area contributed by atoms with Crippen LogP contribution in [0.4, 0.5) is 5.69 Å². The van der Waals surface area contributed by atoms with Gasteiger partial charge in [0.1, 0.15) is 12.4 Å². The molecule has 1 atom stereocenters. The van der Waals surface area contributed by atoms with E-state index < -0.39 is 16.1 Å². The molecule has 1 rings (SSSR count). The van der Waals surface area contributed by atoms with Crippen molar-refractivity contribution >= 4 is 21.7 Å². The van der Waals surface area contributed by atoms with Crippen molar-refractivity contribution in [1.82, 2.24) is 4.72 Å². The summed E-state index contributed by atoms with van der Waals surface area (Å²) in [6.45, 7) is 2.77. The molecule has 32 heavy (non-hydrogen) atoms. The Hall–Kier alpha value is -1.84. The topological polar surface area (TPSA) is 105 Å². The zero-order valence-corrected chi connectivity index (χ0v) is 20.5. The molecule has 1 unspecified atom stereocenters. The number of aliphatic hydroxyl groups is 1. The quantitative estimate of drug-likeness (QED) is 0.250. The lowest BCUT2D eigenvalue weighted by molar-refractivity contribution is -0.143. The zero-order valence-electron chi connectivity index (χ0n) is 19.7. The van der Waals surface area contributed by atoms with Crippen LogP contribution in [0.2, 0.25) is 0 Å². The van der Waals surface area contributed by atoms with Crippen LogP contribution >= 0.6 is 0 Å². The molecule has 2 N–H and O–H groups in total. The minimum atomic E-state index is -3.30. The summed E-state index contributed by atoms with van der Waals surface area (Å²) in [6, 6.07) is 7.63. The number of nitrogens with one attached hydrogen (secondary N) is 1. The van der Waals surface area contributed by atoms with Gasteiger partial charge < -0.3 is 19.5 Å². The minimum absolute atomic E-state index is 0.0499. The van der Waals surface area contributed by atoms with Crippen molar-refractivity contribution in [3.05, 3.63) is 24.3 Å². The van der Waals surface area contributed by atoms with Crippen molar-refractivity contribution in [3.63, 3.8) is 0 Å². The van der Waals surface area contributed by atoms with Gasteiger partial charge in [-0.3, -0.25) is 4.79 Å². The highest BCUT2D eigenvalue weighted by atomic mass is 32.2. The molecule has 184 valence electrons. The molecule has 1 aromatic rings. The second-order valence-electron chi connectivity index (χ2n) is 8.03. The third-order valence-electron chi connectivity index (χ3n) is 4.91. The molecule has 9 heteroatoms. The van der Waals surface area contributed by atoms with Crippen LogP contribution in [0.1, 0.15) is 58.3 Å². The fraction of sp³-hybridized carbons (Fsp3) is 0.696. The van der Waals surface area contributed by atoms with Crippen LogP contribution in [-0.4, -0.2) is 65.2 Å². The molecule has 8 nitrogen and oxygen atoms in total. The number of unbranched alkanes of at least 4 members (excludes halogenated alkanes) is 4. The number of hydrogen-bond donors (Lipinski definition) is 2. The summed E-state index contributed by atoms with van der Waals surface area (Å²) in [6.07, 6.45) is 4.61. The molecular formula is C23H40N2O6S. The Kier molecular flexibility index (Phi) is 14.0. The van der Waals surface area contributed by atoms with Gasteiger partial charge >= 0.3 is 5.97 Å². The summed E-state index contributed by atoms with van der Waals surface area (Å²) in [7, 11) is 0.597. The molecule has 0 fully saturated rings. The Labute approximate surface area is 193 Å². The highest BCUT2D eigenvalue weighted by Gasteiger charge is 2.11. The number of aliphatic hydroxyl groups excluding tert-OH is 1. The molecule has 0 aliphatic carbocycles. The molecule has 0 bridgehead atoms. The predicted molar refractivity (Wildman–Crippen MR) is 128 cm³/mol. The van der Waals surface area contributed by atoms with E-state index in [9.17, 15) is 18.3 Å². The van der Waals surface area contributed by atoms with Crippen molar-refractivity contribution < 1.29 is 27.8 Å². The van der Waals surface area contributed by atoms with Gasteiger partial charge in [0.15, 0.2) is 0 Å². The van der Waals surface area contributed by atoms with Crippen LogP contribution < -0.4 is 14.4 Å². The summed E-state index contributed by atoms with van der Waals surface area (Å²) in [4.78, 5) is 13.2. The Morgan fingerprint density at radius 3 is 2.59 bits per heavy atom. The molecule has 0 amide bonds. The number of anilines is 1. The second-order valence-corrected chi connectivity index (χ2v) is 9.96. The Bertz CT molecular complexity index is 755. The number of sulfonamides is 1. The third kappa shape index (κ3) is 13.5. The SMILES string of the molecule is CCOC(=O)CCCCCCNS(=O)(=O)CCCCC(O)COc1cccc(N(C)C)c1. The van der Waals surface area contributed by atoms with Crippen LogP contribution in [0.25, 0.3) is 0 Å². The number of carbonyl (C=O) groups is 1. The van der Waals surface area contributed by atoms with Gasteiger partial charge in [0.25, 0.3) is 0 Å². The standard InChI is InChI=1S/C23H40N2O6S/c1-4-30-23(27)15-7-5-6-9-16-24-32(28,29)17-10-8-13-21(26)19-31-22-14-11-12-20(18-22)25(2)3/h11-12,14,18,21,24,26H,4-10,13,15-17,19H2,1-3H3. The zero-order chi connectivity index (χ0) is 23.8. The van der Waals surface area contributed by atoms with Crippen molar-refractivity contribution in [3.8, 4) is 5.75 Å². The molecule has 0 saturated carbocycles. The highest BCUT2D eigenvalue weighted by molar-refractivity contribution is 7.89. The van der Waals surface area contributed by atoms with E-state index in [2.05, 4.69) is 4.72 Å². The largest absolute Gasteiger partial charge is 0.491 e. The lowest BCUT2D eigenvalue weighted by Gasteiger charge is -2.16. The van der Waals surface area contributed by atoms with Crippen molar-refractivity contribution in [2.45, 2.75) is 64.4 Å². The van der Waals surface area contributed by atoms with Crippen LogP contribution in [0, 0.1) is 0 Å². The van der Waals surface area contributed by atoms with Crippen molar-refractivity contribution in [2.75, 3.05) is 44.5 Å². The van der Waals surface area contributed by atoms with Gasteiger partial charge in [0.05, 0.1) is 18.5 Å². The minimum Gasteiger partial charge on any atom is -0.491 e. The predicted octanol–water partition coefficient (Wildman–Crippen LogP) is 3.10. The van der Waals surface area contributed by atoms with Gasteiger partial charge in [-0.05, 0) is 51.2 Å². The summed E-state index contributed by atoms with van der Waals surface area (Å²) in [5.74, 6) is 0.570. The van der Waals surface area contributed by atoms with Gasteiger partial charge in [0, 0.05) is 38.8 Å². The average molecular weight is 473 g/mol. The number of ether oxygens (including phenoxy) is 2. The van der Waals surface area contributed by atoms with Crippen LogP contribution in [-0.2, 0) is 19.6 Å². The Morgan fingerprint density at radius 1 is 1.12 bits per heavy atom. The summed E-state index contributed by atoms with van der Waals surface area (Å²) < 4.78 is 37.2. The van der Waals surface area contributed by atoms with Gasteiger partial charge in [-0.1, -0.05) is 18.9 Å². The van der Waals surface area contributed by atoms with Gasteiger partial charge in [-0.25, -0.2) is 13.1 Å². The van der Waals surface area contributed by atoms with E-state index in [1.807, 2.05) is 43.3 Å². The lowest BCUT2D eigenvalue weighted by atomic mass is 10.1. The highest BCUT2D eigenvalue weighted by Crippen LogP contribution is 2.19. The molecule has 0 aromatic heterocycles. The van der Waals surface area contributed by atoms with E-state index in [4.69, 9.17) is 9.47 Å². The third-order valence-corrected chi connectivity index (χ3v) is 6.38. The van der Waals surface area contributed by atoms with E-state index in [1.165, 1.54) is 0 Å². The monoisotopic (exact) mass is 472 g/mol. The molecule has 0 spiro atoms. The first kappa shape index (κ1) is 28.2. The maximum absolute atomic E-state index is 12.1. The fourth-order valence-electron chi connectivity index (χ4n) is 3.08. The average Bonchev–Trinajstić information content (AvgIpc) is 2.75. The normalized spacial score (nSPS) is 12.4. The Balaban J connectivity index is 2.09. The maximum atomic E-state index is 12.1. The molecule has 0 saturated heterocycles. The summed E-state index contributed by atoms with van der Waals surface area (Å²) >= 11 is 0. The molecule has 1 aromatic carbocycles. The summed E-state index contributed by atoms with van der Waals surface area (Å²) in [5.41, 5.74) is 1.02. The van der Waals surface area contributed by atoms with E-state index in [-0.39, 0.29) is 18.3 Å². The maximum Gasteiger partial charge on any atom is 0.305 e. The van der Waals surface area contributed by atoms with E-state index in [0.717, 1.165) is 31.4 Å². The van der Waals surface area contributed by atoms with Crippen molar-refractivity contribution in [2.24, 2.45) is 0 Å². The smallest absolute Gasteiger partial charge is 0.305 e. The first-order chi connectivity index (χ1) is 15.2. The van der Waals surface area contributed by atoms with E-state index in [0.29, 0.717) is 44.6 Å². The number of nitrogens with zero attached hydrogens (tertiary/aromatic N) is 1. The Morgan fingerprint density at radius 2 is 1.88 bits per heavy atom. The van der Waals surface area contributed by atoms with E-state index in [1.54, 1.807) is 6.92 Å². The van der Waals surface area contributed by atoms with Crippen LogP contribution in [0.5, 0.6) is 5.75 Å². The number of rotatable bonds is 18. The molecule has 0 aliphatic heterocycles. The molecule has 0 aliphatic rings. The van der Waals surface area contributed by atoms with Crippen LogP contribution in [0.3, 0.4) is 0 Å². The van der Waals surface area contributed by atoms with Gasteiger partial charge in [-0.2, -0.15) is 0 Å². The lowest BCUT2D eigenvalue weighted by Crippen LogP contribution is -2.27.